The van der Waals surface area contributed by atoms with Gasteiger partial charge in [-0.3, -0.25) is 9.59 Å². The molecule has 0 N–H and O–H groups in total. The first-order valence-corrected chi connectivity index (χ1v) is 12.7. The van der Waals surface area contributed by atoms with Crippen LogP contribution in [0.5, 0.6) is 0 Å². The number of aromatic nitrogens is 2. The van der Waals surface area contributed by atoms with Gasteiger partial charge in [-0.1, -0.05) is 54.2 Å². The minimum Gasteiger partial charge on any atom is -0.355 e. The van der Waals surface area contributed by atoms with E-state index in [0.29, 0.717) is 37.5 Å². The Morgan fingerprint density at radius 3 is 2.31 bits per heavy atom. The third-order valence-corrected chi connectivity index (χ3v) is 6.95. The fourth-order valence-corrected chi connectivity index (χ4v) is 4.91. The van der Waals surface area contributed by atoms with Gasteiger partial charge < -0.3 is 14.7 Å². The molecule has 0 bridgehead atoms. The third-order valence-electron chi connectivity index (χ3n) is 6.03. The summed E-state index contributed by atoms with van der Waals surface area (Å²) >= 11 is 1.57. The molecule has 4 rings (SSSR count). The van der Waals surface area contributed by atoms with Gasteiger partial charge in [-0.15, -0.1) is 0 Å². The van der Waals surface area contributed by atoms with E-state index >= 15 is 0 Å². The second kappa shape index (κ2) is 11.4. The standard InChI is InChI=1S/C27H31N5O2S/c1-20-16-25(30(3)18-22-8-5-4-6-9-22)29-27(28-20)35-19-23-10-7-11-24(17-23)26(34)32-14-12-31(13-15-32)21(2)33/h4-11,16-17H,12-15,18-19H2,1-3H3. The fraction of sp³-hybridized carbons (Fsp3) is 0.333. The Morgan fingerprint density at radius 2 is 1.60 bits per heavy atom. The van der Waals surface area contributed by atoms with Crippen LogP contribution in [0.1, 0.15) is 34.1 Å². The number of piperazine rings is 1. The lowest BCUT2D eigenvalue weighted by Crippen LogP contribution is -2.50. The van der Waals surface area contributed by atoms with Crippen molar-refractivity contribution in [1.82, 2.24) is 19.8 Å². The van der Waals surface area contributed by atoms with Crippen molar-refractivity contribution in [3.05, 3.63) is 83.0 Å². The van der Waals surface area contributed by atoms with E-state index in [4.69, 9.17) is 4.98 Å². The average Bonchev–Trinajstić information content (AvgIpc) is 2.87. The second-order valence-corrected chi connectivity index (χ2v) is 9.72. The molecule has 1 aliphatic heterocycles. The molecule has 1 aromatic heterocycles. The molecular weight excluding hydrogens is 458 g/mol. The van der Waals surface area contributed by atoms with Crippen LogP contribution in [0.25, 0.3) is 0 Å². The summed E-state index contributed by atoms with van der Waals surface area (Å²) in [7, 11) is 2.04. The lowest BCUT2D eigenvalue weighted by Gasteiger charge is -2.34. The number of amides is 2. The Kier molecular flexibility index (Phi) is 8.02. The molecule has 2 amide bonds. The second-order valence-electron chi connectivity index (χ2n) is 8.78. The lowest BCUT2D eigenvalue weighted by molar-refractivity contribution is -0.130. The molecule has 2 aromatic carbocycles. The highest BCUT2D eigenvalue weighted by atomic mass is 32.2. The molecule has 0 aliphatic carbocycles. The van der Waals surface area contributed by atoms with Gasteiger partial charge in [-0.2, -0.15) is 0 Å². The number of carbonyl (C=O) groups excluding carboxylic acids is 2. The van der Waals surface area contributed by atoms with Crippen molar-refractivity contribution in [3.8, 4) is 0 Å². The van der Waals surface area contributed by atoms with Gasteiger partial charge in [0.2, 0.25) is 5.91 Å². The fourth-order valence-electron chi connectivity index (χ4n) is 4.07. The Balaban J connectivity index is 1.39. The average molecular weight is 490 g/mol. The monoisotopic (exact) mass is 489 g/mol. The molecule has 35 heavy (non-hydrogen) atoms. The predicted molar refractivity (Wildman–Crippen MR) is 139 cm³/mol. The van der Waals surface area contributed by atoms with Gasteiger partial charge in [-0.25, -0.2) is 9.97 Å². The third kappa shape index (κ3) is 6.60. The largest absolute Gasteiger partial charge is 0.355 e. The SMILES string of the molecule is CC(=O)N1CCN(C(=O)c2cccc(CSc3nc(C)cc(N(C)Cc4ccccc4)n3)c2)CC1. The number of benzene rings is 2. The van der Waals surface area contributed by atoms with Gasteiger partial charge in [0, 0.05) is 69.8 Å². The zero-order chi connectivity index (χ0) is 24.8. The maximum Gasteiger partial charge on any atom is 0.253 e. The van der Waals surface area contributed by atoms with Gasteiger partial charge in [0.15, 0.2) is 5.16 Å². The van der Waals surface area contributed by atoms with Crippen molar-refractivity contribution in [2.45, 2.75) is 31.3 Å². The smallest absolute Gasteiger partial charge is 0.253 e. The summed E-state index contributed by atoms with van der Waals surface area (Å²) < 4.78 is 0. The highest BCUT2D eigenvalue weighted by Crippen LogP contribution is 2.24. The van der Waals surface area contributed by atoms with Crippen LogP contribution in [0, 0.1) is 6.92 Å². The first-order valence-electron chi connectivity index (χ1n) is 11.8. The van der Waals surface area contributed by atoms with Crippen molar-refractivity contribution >= 4 is 29.4 Å². The quantitative estimate of drug-likeness (QED) is 0.369. The molecule has 3 aromatic rings. The maximum atomic E-state index is 13.0. The molecule has 0 radical (unpaired) electrons. The van der Waals surface area contributed by atoms with Crippen LogP contribution in [0.4, 0.5) is 5.82 Å². The molecule has 0 unspecified atom stereocenters. The number of rotatable bonds is 7. The van der Waals surface area contributed by atoms with Crippen molar-refractivity contribution in [1.29, 1.82) is 0 Å². The van der Waals surface area contributed by atoms with Crippen molar-refractivity contribution in [2.75, 3.05) is 38.1 Å². The highest BCUT2D eigenvalue weighted by Gasteiger charge is 2.23. The summed E-state index contributed by atoms with van der Waals surface area (Å²) in [5.74, 6) is 1.63. The summed E-state index contributed by atoms with van der Waals surface area (Å²) in [6.07, 6.45) is 0. The van der Waals surface area contributed by atoms with E-state index in [1.54, 1.807) is 23.6 Å². The van der Waals surface area contributed by atoms with Crippen LogP contribution in [0.3, 0.4) is 0 Å². The summed E-state index contributed by atoms with van der Waals surface area (Å²) in [5.41, 5.74) is 3.87. The van der Waals surface area contributed by atoms with Gasteiger partial charge in [-0.05, 0) is 30.2 Å². The predicted octanol–water partition coefficient (Wildman–Crippen LogP) is 4.02. The molecule has 2 heterocycles. The topological polar surface area (TPSA) is 69.6 Å². The van der Waals surface area contributed by atoms with E-state index in [1.165, 1.54) is 5.56 Å². The first-order chi connectivity index (χ1) is 16.9. The molecule has 182 valence electrons. The van der Waals surface area contributed by atoms with Crippen LogP contribution >= 0.6 is 11.8 Å². The normalized spacial score (nSPS) is 13.6. The molecule has 1 aliphatic rings. The minimum absolute atomic E-state index is 0.0108. The number of aryl methyl sites for hydroxylation is 1. The molecule has 0 atom stereocenters. The number of hydrogen-bond acceptors (Lipinski definition) is 6. The minimum atomic E-state index is 0.0108. The molecular formula is C27H31N5O2S. The van der Waals surface area contributed by atoms with Crippen molar-refractivity contribution in [2.24, 2.45) is 0 Å². The first kappa shape index (κ1) is 24.7. The van der Waals surface area contributed by atoms with Gasteiger partial charge >= 0.3 is 0 Å². The molecule has 0 spiro atoms. The van der Waals surface area contributed by atoms with Gasteiger partial charge in [0.25, 0.3) is 5.91 Å². The van der Waals surface area contributed by atoms with Gasteiger partial charge in [0.05, 0.1) is 0 Å². The Bertz CT molecular complexity index is 1180. The van der Waals surface area contributed by atoms with Crippen molar-refractivity contribution < 1.29 is 9.59 Å². The van der Waals surface area contributed by atoms with Crippen molar-refractivity contribution in [3.63, 3.8) is 0 Å². The maximum absolute atomic E-state index is 13.0. The number of thioether (sulfide) groups is 1. The van der Waals surface area contributed by atoms with Crippen LogP contribution in [-0.2, 0) is 17.1 Å². The van der Waals surface area contributed by atoms with E-state index in [-0.39, 0.29) is 11.8 Å². The van der Waals surface area contributed by atoms with Crippen LogP contribution in [0.15, 0.2) is 65.8 Å². The molecule has 7 nitrogen and oxygen atoms in total. The molecule has 8 heteroatoms. The van der Waals surface area contributed by atoms with Crippen LogP contribution < -0.4 is 4.90 Å². The lowest BCUT2D eigenvalue weighted by atomic mass is 10.1. The van der Waals surface area contributed by atoms with E-state index < -0.39 is 0 Å². The summed E-state index contributed by atoms with van der Waals surface area (Å²) in [5, 5.41) is 0.719. The van der Waals surface area contributed by atoms with E-state index in [2.05, 4.69) is 22.0 Å². The summed E-state index contributed by atoms with van der Waals surface area (Å²) in [6.45, 7) is 6.62. The summed E-state index contributed by atoms with van der Waals surface area (Å²) in [6, 6.07) is 20.1. The molecule has 0 saturated carbocycles. The number of carbonyl (C=O) groups is 2. The number of nitrogens with zero attached hydrogens (tertiary/aromatic N) is 5. The Labute approximate surface area is 211 Å². The molecule has 1 fully saturated rings. The van der Waals surface area contributed by atoms with E-state index in [0.717, 1.165) is 28.8 Å². The zero-order valence-corrected chi connectivity index (χ0v) is 21.3. The summed E-state index contributed by atoms with van der Waals surface area (Å²) in [4.78, 5) is 39.7. The van der Waals surface area contributed by atoms with Crippen LogP contribution in [-0.4, -0.2) is 64.8 Å². The highest BCUT2D eigenvalue weighted by molar-refractivity contribution is 7.98. The van der Waals surface area contributed by atoms with Gasteiger partial charge in [0.1, 0.15) is 5.82 Å². The number of hydrogen-bond donors (Lipinski definition) is 0. The van der Waals surface area contributed by atoms with E-state index in [1.807, 2.05) is 67.4 Å². The Morgan fingerprint density at radius 1 is 0.914 bits per heavy atom. The zero-order valence-electron chi connectivity index (χ0n) is 20.5. The Hall–Kier alpha value is -3.39. The van der Waals surface area contributed by atoms with E-state index in [9.17, 15) is 9.59 Å². The molecule has 1 saturated heterocycles. The van der Waals surface area contributed by atoms with Crippen LogP contribution in [0.2, 0.25) is 0 Å². The number of anilines is 1.